The van der Waals surface area contributed by atoms with E-state index in [1.807, 2.05) is 26.8 Å². The maximum atomic E-state index is 13.0. The Balaban J connectivity index is 1.84. The summed E-state index contributed by atoms with van der Waals surface area (Å²) in [6.07, 6.45) is 0.197. The zero-order chi connectivity index (χ0) is 22.8. The van der Waals surface area contributed by atoms with Gasteiger partial charge in [-0.15, -0.1) is 0 Å². The largest absolute Gasteiger partial charge is 0.496 e. The van der Waals surface area contributed by atoms with Crippen LogP contribution in [-0.2, 0) is 4.79 Å². The van der Waals surface area contributed by atoms with Crippen molar-refractivity contribution in [2.24, 2.45) is 5.41 Å². The number of imide groups is 1. The number of nitrogens with zero attached hydrogens (tertiary/aromatic N) is 1. The molecule has 1 saturated heterocycles. The van der Waals surface area contributed by atoms with Crippen LogP contribution in [0.15, 0.2) is 42.5 Å². The highest BCUT2D eigenvalue weighted by Crippen LogP contribution is 2.46. The van der Waals surface area contributed by atoms with Crippen molar-refractivity contribution in [2.75, 3.05) is 12.4 Å². The number of benzene rings is 2. The smallest absolute Gasteiger partial charge is 0.335 e. The molecule has 1 unspecified atom stereocenters. The molecule has 31 heavy (non-hydrogen) atoms. The summed E-state index contributed by atoms with van der Waals surface area (Å²) in [5.41, 5.74) is 0.711. The lowest BCUT2D eigenvalue weighted by atomic mass is 9.72. The molecule has 0 aliphatic carbocycles. The van der Waals surface area contributed by atoms with E-state index in [2.05, 4.69) is 5.32 Å². The molecule has 1 aliphatic heterocycles. The predicted octanol–water partition coefficient (Wildman–Crippen LogP) is 4.29. The summed E-state index contributed by atoms with van der Waals surface area (Å²) in [4.78, 5) is 38.1. The first-order valence-corrected chi connectivity index (χ1v) is 10.1. The molecule has 3 rings (SSSR count). The SMILES string of the molecule is CCC1(CC)C(=O)N(C(=O)Nc2ccc(C)c(OC)c2)C1Oc1ccc(C(=O)O)cc1. The monoisotopic (exact) mass is 426 g/mol. The second-order valence-electron chi connectivity index (χ2n) is 7.45. The van der Waals surface area contributed by atoms with E-state index in [1.54, 1.807) is 19.2 Å². The molecule has 1 aliphatic rings. The number of anilines is 1. The third-order valence-corrected chi connectivity index (χ3v) is 5.84. The minimum Gasteiger partial charge on any atom is -0.496 e. The molecule has 2 aromatic rings. The topological polar surface area (TPSA) is 105 Å². The van der Waals surface area contributed by atoms with Crippen LogP contribution in [0.4, 0.5) is 10.5 Å². The van der Waals surface area contributed by atoms with Crippen LogP contribution in [0.3, 0.4) is 0 Å². The van der Waals surface area contributed by atoms with Gasteiger partial charge in [-0.3, -0.25) is 4.79 Å². The molecule has 8 heteroatoms. The summed E-state index contributed by atoms with van der Waals surface area (Å²) < 4.78 is 11.3. The summed E-state index contributed by atoms with van der Waals surface area (Å²) in [6, 6.07) is 10.5. The van der Waals surface area contributed by atoms with Crippen molar-refractivity contribution in [2.45, 2.75) is 39.8 Å². The number of carboxylic acids is 1. The number of aryl methyl sites for hydroxylation is 1. The Morgan fingerprint density at radius 1 is 1.13 bits per heavy atom. The number of urea groups is 1. The Kier molecular flexibility index (Phi) is 6.19. The predicted molar refractivity (Wildman–Crippen MR) is 114 cm³/mol. The van der Waals surface area contributed by atoms with Crippen LogP contribution in [0, 0.1) is 12.3 Å². The van der Waals surface area contributed by atoms with Crippen LogP contribution in [-0.4, -0.2) is 41.3 Å². The number of rotatable bonds is 7. The standard InChI is InChI=1S/C23H26N2O6/c1-5-23(6-2)20(28)25(21(23)31-17-11-8-15(9-12-17)19(26)27)22(29)24-16-10-7-14(3)18(13-16)30-4/h7-13,21H,5-6H2,1-4H3,(H,24,29)(H,26,27). The molecule has 0 radical (unpaired) electrons. The molecule has 1 heterocycles. The van der Waals surface area contributed by atoms with Crippen LogP contribution in [0.25, 0.3) is 0 Å². The van der Waals surface area contributed by atoms with E-state index >= 15 is 0 Å². The Labute approximate surface area is 180 Å². The van der Waals surface area contributed by atoms with Crippen molar-refractivity contribution in [3.63, 3.8) is 0 Å². The van der Waals surface area contributed by atoms with E-state index in [0.29, 0.717) is 30.0 Å². The summed E-state index contributed by atoms with van der Waals surface area (Å²) in [5.74, 6) is -0.350. The van der Waals surface area contributed by atoms with Gasteiger partial charge in [-0.25, -0.2) is 14.5 Å². The fourth-order valence-corrected chi connectivity index (χ4v) is 3.79. The average molecular weight is 426 g/mol. The third kappa shape index (κ3) is 3.93. The van der Waals surface area contributed by atoms with Gasteiger partial charge in [0.05, 0.1) is 12.7 Å². The lowest BCUT2D eigenvalue weighted by Crippen LogP contribution is -2.73. The van der Waals surface area contributed by atoms with Gasteiger partial charge in [0.15, 0.2) is 6.23 Å². The van der Waals surface area contributed by atoms with Crippen molar-refractivity contribution in [3.05, 3.63) is 53.6 Å². The number of methoxy groups -OCH3 is 1. The summed E-state index contributed by atoms with van der Waals surface area (Å²) in [7, 11) is 1.54. The Morgan fingerprint density at radius 2 is 1.77 bits per heavy atom. The first kappa shape index (κ1) is 22.1. The van der Waals surface area contributed by atoms with Gasteiger partial charge in [0.1, 0.15) is 16.9 Å². The minimum absolute atomic E-state index is 0.122. The first-order chi connectivity index (χ1) is 14.8. The Morgan fingerprint density at radius 3 is 2.32 bits per heavy atom. The summed E-state index contributed by atoms with van der Waals surface area (Å²) in [5, 5.41) is 11.8. The number of β-lactam (4-membered cyclic amide) rings is 1. The highest BCUT2D eigenvalue weighted by molar-refractivity contribution is 6.07. The number of carbonyl (C=O) groups is 3. The summed E-state index contributed by atoms with van der Waals surface area (Å²) >= 11 is 0. The normalized spacial score (nSPS) is 17.0. The molecule has 164 valence electrons. The first-order valence-electron chi connectivity index (χ1n) is 10.1. The van der Waals surface area contributed by atoms with Crippen LogP contribution < -0.4 is 14.8 Å². The van der Waals surface area contributed by atoms with Gasteiger partial charge in [0.25, 0.3) is 0 Å². The lowest BCUT2D eigenvalue weighted by Gasteiger charge is -2.53. The molecule has 3 amide bonds. The number of carboxylic acid groups (broad SMARTS) is 1. The number of hydrogen-bond donors (Lipinski definition) is 2. The van der Waals surface area contributed by atoms with E-state index in [-0.39, 0.29) is 11.5 Å². The molecule has 0 bridgehead atoms. The minimum atomic E-state index is -1.05. The van der Waals surface area contributed by atoms with Gasteiger partial charge in [0.2, 0.25) is 5.91 Å². The van der Waals surface area contributed by atoms with Gasteiger partial charge in [-0.05, 0) is 55.7 Å². The Bertz CT molecular complexity index is 998. The number of carbonyl (C=O) groups excluding carboxylic acids is 2. The zero-order valence-electron chi connectivity index (χ0n) is 18.0. The zero-order valence-corrected chi connectivity index (χ0v) is 18.0. The number of ether oxygens (including phenoxy) is 2. The lowest BCUT2D eigenvalue weighted by molar-refractivity contribution is -0.190. The molecular formula is C23H26N2O6. The van der Waals surface area contributed by atoms with Gasteiger partial charge in [0, 0.05) is 11.8 Å². The fraction of sp³-hybridized carbons (Fsp3) is 0.348. The van der Waals surface area contributed by atoms with E-state index in [9.17, 15) is 14.4 Å². The molecule has 2 N–H and O–H groups in total. The van der Waals surface area contributed by atoms with Crippen molar-refractivity contribution in [1.29, 1.82) is 0 Å². The number of hydrogen-bond acceptors (Lipinski definition) is 5. The summed E-state index contributed by atoms with van der Waals surface area (Å²) in [6.45, 7) is 5.65. The van der Waals surface area contributed by atoms with E-state index in [0.717, 1.165) is 10.5 Å². The Hall–Kier alpha value is -3.55. The number of nitrogens with one attached hydrogen (secondary N) is 1. The average Bonchev–Trinajstić information content (AvgIpc) is 2.76. The van der Waals surface area contributed by atoms with E-state index in [1.165, 1.54) is 24.3 Å². The number of amides is 3. The van der Waals surface area contributed by atoms with Crippen molar-refractivity contribution < 1.29 is 29.0 Å². The number of aromatic carboxylic acids is 1. The van der Waals surface area contributed by atoms with E-state index in [4.69, 9.17) is 14.6 Å². The van der Waals surface area contributed by atoms with Crippen LogP contribution in [0.5, 0.6) is 11.5 Å². The maximum Gasteiger partial charge on any atom is 0.335 e. The molecule has 2 aromatic carbocycles. The fourth-order valence-electron chi connectivity index (χ4n) is 3.79. The number of likely N-dealkylation sites (tertiary alicyclic amines) is 1. The molecular weight excluding hydrogens is 400 g/mol. The van der Waals surface area contributed by atoms with Gasteiger partial charge < -0.3 is 19.9 Å². The quantitative estimate of drug-likeness (QED) is 0.640. The highest BCUT2D eigenvalue weighted by atomic mass is 16.5. The van der Waals surface area contributed by atoms with Gasteiger partial charge >= 0.3 is 12.0 Å². The second kappa shape index (κ2) is 8.67. The molecule has 1 atom stereocenters. The molecule has 0 aromatic heterocycles. The van der Waals surface area contributed by atoms with Crippen molar-refractivity contribution >= 4 is 23.6 Å². The van der Waals surface area contributed by atoms with Gasteiger partial charge in [-0.1, -0.05) is 19.9 Å². The highest BCUT2D eigenvalue weighted by Gasteiger charge is 2.62. The van der Waals surface area contributed by atoms with Crippen LogP contribution in [0.2, 0.25) is 0 Å². The maximum absolute atomic E-state index is 13.0. The molecule has 8 nitrogen and oxygen atoms in total. The van der Waals surface area contributed by atoms with Crippen LogP contribution in [0.1, 0.15) is 42.6 Å². The second-order valence-corrected chi connectivity index (χ2v) is 7.45. The van der Waals surface area contributed by atoms with E-state index < -0.39 is 23.6 Å². The van der Waals surface area contributed by atoms with Gasteiger partial charge in [-0.2, -0.15) is 0 Å². The van der Waals surface area contributed by atoms with Crippen molar-refractivity contribution in [1.82, 2.24) is 4.90 Å². The van der Waals surface area contributed by atoms with Crippen LogP contribution >= 0.6 is 0 Å². The van der Waals surface area contributed by atoms with Crippen molar-refractivity contribution in [3.8, 4) is 11.5 Å². The third-order valence-electron chi connectivity index (χ3n) is 5.84. The molecule has 1 fully saturated rings. The molecule has 0 saturated carbocycles. The molecule has 0 spiro atoms.